The number of halogens is 3. The molecule has 0 unspecified atom stereocenters. The minimum atomic E-state index is -1.46. The minimum absolute atomic E-state index is 0.106. The molecule has 0 saturated carbocycles. The van der Waals surface area contributed by atoms with E-state index in [1.165, 1.54) is 53.7 Å². The molecule has 18 nitrogen and oxygen atoms in total. The van der Waals surface area contributed by atoms with Crippen LogP contribution in [0, 0.1) is 0 Å². The molecular formula is C92H84BCl3N8O10P2Pd. The van der Waals surface area contributed by atoms with Gasteiger partial charge in [0, 0.05) is 75.8 Å². The number of para-hydroxylation sites is 2. The quantitative estimate of drug-likeness (QED) is 0.0237. The number of rotatable bonds is 20. The zero-order valence-corrected chi connectivity index (χ0v) is 70.0. The normalized spacial score (nSPS) is 11.6. The molecule has 0 aliphatic carbocycles. The van der Waals surface area contributed by atoms with Gasteiger partial charge in [0.05, 0.1) is 39.5 Å². The van der Waals surface area contributed by atoms with Crippen LogP contribution in [0.3, 0.4) is 0 Å². The maximum absolute atomic E-state index is 8.88. The smallest absolute Gasteiger partial charge is 0.0134 e. The van der Waals surface area contributed by atoms with Gasteiger partial charge in [-0.3, -0.25) is 0 Å². The maximum Gasteiger partial charge on any atom is -0.0134 e. The van der Waals surface area contributed by atoms with Crippen LogP contribution in [-0.4, -0.2) is 115 Å². The van der Waals surface area contributed by atoms with Crippen LogP contribution in [0.5, 0.6) is 46.0 Å². The number of fused-ring (bicyclic) bond motifs is 6. The van der Waals surface area contributed by atoms with E-state index >= 15 is 0 Å². The number of ether oxygens (including phenoxy) is 8. The van der Waals surface area contributed by atoms with Crippen molar-refractivity contribution in [2.24, 2.45) is 0 Å². The number of hydrogen-bond donors (Lipinski definition) is 6. The molecule has 0 bridgehead atoms. The van der Waals surface area contributed by atoms with Crippen LogP contribution in [0.25, 0.3) is 55.0 Å². The van der Waals surface area contributed by atoms with Crippen molar-refractivity contribution in [3.8, 4) is 57.4 Å². The summed E-state index contributed by atoms with van der Waals surface area (Å²) in [5.74, 6) is 7.09. The van der Waals surface area contributed by atoms with Gasteiger partial charge in [-0.2, -0.15) is 0 Å². The van der Waals surface area contributed by atoms with Crippen molar-refractivity contribution in [2.45, 2.75) is 12.8 Å². The fraction of sp³-hybridized carbons (Fsp3) is 0.130. The van der Waals surface area contributed by atoms with Crippen LogP contribution in [0.15, 0.2) is 304 Å². The van der Waals surface area contributed by atoms with Crippen molar-refractivity contribution in [3.63, 3.8) is 0 Å². The van der Waals surface area contributed by atoms with Crippen molar-refractivity contribution >= 4 is 146 Å². The van der Waals surface area contributed by atoms with Gasteiger partial charge in [-0.05, 0) is 143 Å². The van der Waals surface area contributed by atoms with E-state index < -0.39 is 23.0 Å². The number of nitrogens with zero attached hydrogens (tertiary/aromatic N) is 4. The predicted molar refractivity (Wildman–Crippen MR) is 477 cm³/mol. The van der Waals surface area contributed by atoms with Gasteiger partial charge in [-0.15, -0.1) is 0 Å². The molecule has 6 N–H and O–H groups in total. The number of hydrogen-bond acceptors (Lipinski definition) is 16. The van der Waals surface area contributed by atoms with E-state index in [1.54, 1.807) is 52.7 Å². The molecule has 0 radical (unpaired) electrons. The summed E-state index contributed by atoms with van der Waals surface area (Å²) in [6.07, 6.45) is 5.80. The van der Waals surface area contributed by atoms with E-state index in [1.807, 2.05) is 60.8 Å². The Morgan fingerprint density at radius 1 is 0.393 bits per heavy atom. The first-order valence-electron chi connectivity index (χ1n) is 37.5. The van der Waals surface area contributed by atoms with Crippen LogP contribution in [0.4, 0.5) is 11.6 Å². The summed E-state index contributed by atoms with van der Waals surface area (Å²) < 4.78 is 43.8. The van der Waals surface area contributed by atoms with Gasteiger partial charge < -0.3 is 68.5 Å². The average molecular weight is 1750 g/mol. The zero-order valence-electron chi connectivity index (χ0n) is 64.4. The second-order valence-corrected chi connectivity index (χ2v) is 33.3. The van der Waals surface area contributed by atoms with E-state index in [9.17, 15) is 0 Å². The Balaban J connectivity index is 0.000000131. The first-order valence-corrected chi connectivity index (χ1v) is 44.6. The van der Waals surface area contributed by atoms with Gasteiger partial charge in [0.15, 0.2) is 51.8 Å². The predicted octanol–water partition coefficient (Wildman–Crippen LogP) is 17.1. The summed E-state index contributed by atoms with van der Waals surface area (Å²) in [7, 11) is 13.7. The van der Waals surface area contributed by atoms with Gasteiger partial charge in [0.1, 0.15) is 38.1 Å². The molecule has 0 saturated heterocycles. The third-order valence-electron chi connectivity index (χ3n) is 18.8. The molecule has 0 fully saturated rings. The SMILES string of the molecule is COc1cc2nc(-c3ccc4c(c3)OCCO4)nc(NCCc3c[nH]c4ccccc34)c2cc1OC.COc1cc2nc(Cl)nc(NCCc3c[nH]c4ccccc34)c2cc1OC.OB(O)c1ccc2c(c1)OCCO2.[Cl][Pd][Cl].c1ccc(P(c2ccccc2)c2ccccc2)cc1.c1ccc(P(c2ccccc2)c2ccccc2)cc1. The molecule has 16 aromatic rings. The van der Waals surface area contributed by atoms with Crippen LogP contribution < -0.4 is 85.8 Å². The van der Waals surface area contributed by atoms with Crippen molar-refractivity contribution in [3.05, 3.63) is 320 Å². The van der Waals surface area contributed by atoms with Crippen LogP contribution in [0.1, 0.15) is 11.1 Å². The third kappa shape index (κ3) is 21.9. The van der Waals surface area contributed by atoms with Crippen LogP contribution in [-0.2, 0) is 28.8 Å². The molecule has 0 atom stereocenters. The van der Waals surface area contributed by atoms with Crippen molar-refractivity contribution in [2.75, 3.05) is 78.6 Å². The fourth-order valence-corrected chi connectivity index (χ4v) is 18.1. The fourth-order valence-electron chi connectivity index (χ4n) is 13.3. The summed E-state index contributed by atoms with van der Waals surface area (Å²) in [4.78, 5) is 25.0. The Morgan fingerprint density at radius 3 is 1.13 bits per heavy atom. The number of anilines is 2. The molecular weight excluding hydrogens is 1660 g/mol. The molecule has 25 heteroatoms. The molecule has 12 aromatic carbocycles. The van der Waals surface area contributed by atoms with Crippen molar-refractivity contribution in [1.82, 2.24) is 29.9 Å². The minimum Gasteiger partial charge on any atom is -0.0622 e. The number of aromatic amines is 2. The summed E-state index contributed by atoms with van der Waals surface area (Å²) >= 11 is 6.00. The monoisotopic (exact) mass is 1740 g/mol. The van der Waals surface area contributed by atoms with Gasteiger partial charge in [-0.25, -0.2) is 19.9 Å². The molecule has 18 rings (SSSR count). The number of methoxy groups -OCH3 is 4. The standard InChI is InChI=1S/C28H26N4O4.C20H19ClN4O2.2C18H15P.C8H9BO4.2ClH.Pd/c1-33-24-14-20-22(15-25(24)34-2)31-27(17-7-8-23-26(13-17)36-12-11-35-23)32-28(20)29-10-9-18-16-30-21-6-4-3-5-19(18)21;1-26-17-9-14-16(10-18(17)27-2)24-20(21)25-19(14)22-8-7-12-11-23-15-6-4-3-5-13(12)15;2*1-4-10-16(11-5-1)19(17-12-6-2-7-13-17)18-14-8-3-9-15-18;10-9(11)6-1-2-7-8(5-6)13-4-3-12-7;;;/h3-8,13-16,30H,9-12H2,1-2H3,(H,29,31,32);3-6,9-11,23H,7-8H2,1-2H3,(H,22,24,25);2*1-15H;1-2,5,10-11H,3-4H2;2*1H;/q;;;;;;;+2/p-2. The molecule has 2 aliphatic rings. The topological polar surface area (TPSA) is 221 Å². The Kier molecular flexibility index (Phi) is 30.5. The van der Waals surface area contributed by atoms with E-state index in [2.05, 4.69) is 249 Å². The number of nitrogens with one attached hydrogen (secondary N) is 4. The van der Waals surface area contributed by atoms with E-state index in [4.69, 9.17) is 88.6 Å². The van der Waals surface area contributed by atoms with Crippen LogP contribution >= 0.6 is 46.5 Å². The first kappa shape index (κ1) is 83.7. The zero-order chi connectivity index (χ0) is 81.1. The molecule has 4 aromatic heterocycles. The molecule has 2 aliphatic heterocycles. The molecule has 117 heavy (non-hydrogen) atoms. The second-order valence-electron chi connectivity index (χ2n) is 26.1. The molecule has 6 heterocycles. The summed E-state index contributed by atoms with van der Waals surface area (Å²) in [6.45, 7) is 3.51. The van der Waals surface area contributed by atoms with Gasteiger partial charge in [-0.1, -0.05) is 224 Å². The molecule has 596 valence electrons. The van der Waals surface area contributed by atoms with Crippen LogP contribution in [0.2, 0.25) is 5.28 Å². The summed E-state index contributed by atoms with van der Waals surface area (Å²) in [6, 6.07) is 99.3. The first-order chi connectivity index (χ1) is 57.5. The van der Waals surface area contributed by atoms with Gasteiger partial charge >= 0.3 is 42.1 Å². The Labute approximate surface area is 703 Å². The average Bonchev–Trinajstić information content (AvgIpc) is 1.51. The number of aromatic nitrogens is 6. The van der Waals surface area contributed by atoms with Gasteiger partial charge in [0.25, 0.3) is 0 Å². The van der Waals surface area contributed by atoms with Crippen molar-refractivity contribution < 1.29 is 63.9 Å². The van der Waals surface area contributed by atoms with E-state index in [-0.39, 0.29) is 21.2 Å². The maximum atomic E-state index is 8.88. The largest absolute Gasteiger partial charge is 0.0622 e. The second kappa shape index (κ2) is 42.6. The number of H-pyrrole nitrogens is 2. The van der Waals surface area contributed by atoms with E-state index in [0.717, 1.165) is 57.3 Å². The summed E-state index contributed by atoms with van der Waals surface area (Å²) in [5, 5.41) is 37.4. The van der Waals surface area contributed by atoms with Crippen molar-refractivity contribution in [1.29, 1.82) is 0 Å². The Morgan fingerprint density at radius 2 is 0.735 bits per heavy atom. The summed E-state index contributed by atoms with van der Waals surface area (Å²) in [5.41, 5.74) is 7.48. The van der Waals surface area contributed by atoms with E-state index in [0.29, 0.717) is 102 Å². The van der Waals surface area contributed by atoms with Gasteiger partial charge in [0.2, 0.25) is 5.28 Å². The Bertz CT molecular complexity index is 5550. The Hall–Kier alpha value is -11.2. The number of benzene rings is 12. The molecule has 0 amide bonds. The molecule has 0 spiro atoms. The third-order valence-corrected chi connectivity index (χ3v) is 23.9.